The van der Waals surface area contributed by atoms with Gasteiger partial charge in [-0.05, 0) is 69.7 Å². The number of rotatable bonds is 3. The van der Waals surface area contributed by atoms with Gasteiger partial charge >= 0.3 is 0 Å². The third kappa shape index (κ3) is 6.87. The predicted molar refractivity (Wildman–Crippen MR) is 151 cm³/mol. The van der Waals surface area contributed by atoms with E-state index in [0.717, 1.165) is 76.3 Å². The highest BCUT2D eigenvalue weighted by atomic mass is 16.5. The van der Waals surface area contributed by atoms with Crippen LogP contribution in [0.3, 0.4) is 0 Å². The van der Waals surface area contributed by atoms with Crippen molar-refractivity contribution in [1.29, 1.82) is 0 Å². The first-order valence-corrected chi connectivity index (χ1v) is 14.6. The molecule has 0 saturated carbocycles. The van der Waals surface area contributed by atoms with Gasteiger partial charge in [-0.15, -0.1) is 0 Å². The molecule has 0 bridgehead atoms. The smallest absolute Gasteiger partial charge is 0.255 e. The zero-order valence-corrected chi connectivity index (χ0v) is 23.2. The van der Waals surface area contributed by atoms with Gasteiger partial charge in [0.1, 0.15) is 12.4 Å². The van der Waals surface area contributed by atoms with E-state index in [9.17, 15) is 9.59 Å². The molecule has 0 aliphatic carbocycles. The van der Waals surface area contributed by atoms with Crippen LogP contribution in [0.15, 0.2) is 36.7 Å². The number of carbonyl (C=O) groups excluding carboxylic acids is 2. The summed E-state index contributed by atoms with van der Waals surface area (Å²) in [6, 6.07) is 7.26. The number of hydrogen-bond acceptors (Lipinski definition) is 7. The first kappa shape index (κ1) is 27.4. The van der Waals surface area contributed by atoms with Crippen LogP contribution < -0.4 is 20.3 Å². The van der Waals surface area contributed by atoms with Crippen LogP contribution in [-0.2, 0) is 11.3 Å². The minimum absolute atomic E-state index is 0.114. The van der Waals surface area contributed by atoms with E-state index >= 15 is 0 Å². The maximum atomic E-state index is 13.5. The second kappa shape index (κ2) is 12.8. The molecule has 9 nitrogen and oxygen atoms in total. The topological polar surface area (TPSA) is 99.7 Å². The molecular weight excluding hydrogens is 492 g/mol. The summed E-state index contributed by atoms with van der Waals surface area (Å²) >= 11 is 0. The van der Waals surface area contributed by atoms with Gasteiger partial charge in [0, 0.05) is 44.1 Å². The molecule has 1 aromatic heterocycles. The highest BCUT2D eigenvalue weighted by Gasteiger charge is 2.40. The number of carbonyl (C=O) groups is 2. The number of anilines is 1. The molecule has 1 unspecified atom stereocenters. The van der Waals surface area contributed by atoms with E-state index in [1.807, 2.05) is 24.5 Å². The zero-order valence-electron chi connectivity index (χ0n) is 23.2. The van der Waals surface area contributed by atoms with Gasteiger partial charge in [-0.1, -0.05) is 25.5 Å². The molecule has 0 radical (unpaired) electrons. The average molecular weight is 535 g/mol. The van der Waals surface area contributed by atoms with Gasteiger partial charge < -0.3 is 20.3 Å². The lowest BCUT2D eigenvalue weighted by Gasteiger charge is -2.41. The van der Waals surface area contributed by atoms with E-state index < -0.39 is 0 Å². The van der Waals surface area contributed by atoms with E-state index in [1.165, 1.54) is 12.8 Å². The van der Waals surface area contributed by atoms with E-state index in [2.05, 4.69) is 37.3 Å². The van der Waals surface area contributed by atoms with E-state index in [4.69, 9.17) is 4.74 Å². The van der Waals surface area contributed by atoms with Gasteiger partial charge in [-0.3, -0.25) is 14.5 Å². The van der Waals surface area contributed by atoms with Crippen LogP contribution in [-0.4, -0.2) is 72.6 Å². The Kier molecular flexibility index (Phi) is 8.96. The van der Waals surface area contributed by atoms with Crippen molar-refractivity contribution in [2.45, 2.75) is 58.4 Å². The highest BCUT2D eigenvalue weighted by molar-refractivity contribution is 5.96. The van der Waals surface area contributed by atoms with Crippen LogP contribution in [0.4, 0.5) is 5.95 Å². The third-order valence-corrected chi connectivity index (χ3v) is 8.48. The number of amides is 2. The fourth-order valence-corrected chi connectivity index (χ4v) is 6.13. The Balaban J connectivity index is 1.16. The number of nitrogens with one attached hydrogen (secondary N) is 2. The molecule has 1 atom stereocenters. The molecule has 9 heteroatoms. The number of hydrogen-bond donors (Lipinski definition) is 2. The minimum Gasteiger partial charge on any atom is -0.491 e. The normalized spacial score (nSPS) is 23.2. The Hall–Kier alpha value is -3.20. The Bertz CT molecular complexity index is 1120. The van der Waals surface area contributed by atoms with Crippen molar-refractivity contribution in [3.05, 3.63) is 47.8 Å². The molecule has 2 aromatic rings. The van der Waals surface area contributed by atoms with E-state index in [-0.39, 0.29) is 17.2 Å². The molecule has 3 aliphatic rings. The number of piperidine rings is 2. The van der Waals surface area contributed by atoms with Crippen LogP contribution >= 0.6 is 0 Å². The number of likely N-dealkylation sites (tertiary alicyclic amines) is 1. The van der Waals surface area contributed by atoms with Crippen LogP contribution in [0.25, 0.3) is 0 Å². The number of aromatic nitrogens is 2. The lowest BCUT2D eigenvalue weighted by Crippen LogP contribution is -2.49. The maximum Gasteiger partial charge on any atom is 0.255 e. The molecule has 2 saturated heterocycles. The lowest BCUT2D eigenvalue weighted by molar-refractivity contribution is -0.134. The van der Waals surface area contributed by atoms with Crippen molar-refractivity contribution in [2.24, 2.45) is 11.3 Å². The van der Waals surface area contributed by atoms with Crippen molar-refractivity contribution >= 4 is 17.8 Å². The molecule has 3 aliphatic heterocycles. The number of benzene rings is 1. The van der Waals surface area contributed by atoms with Crippen LogP contribution in [0, 0.1) is 11.3 Å². The fourth-order valence-electron chi connectivity index (χ4n) is 6.13. The maximum absolute atomic E-state index is 13.5. The summed E-state index contributed by atoms with van der Waals surface area (Å²) in [6.45, 7) is 8.20. The van der Waals surface area contributed by atoms with Gasteiger partial charge in [0.25, 0.3) is 5.91 Å². The van der Waals surface area contributed by atoms with E-state index in [1.54, 1.807) is 12.1 Å². The minimum atomic E-state index is -0.381. The summed E-state index contributed by atoms with van der Waals surface area (Å²) in [6.07, 6.45) is 10.6. The Morgan fingerprint density at radius 2 is 1.77 bits per heavy atom. The molecule has 5 rings (SSSR count). The summed E-state index contributed by atoms with van der Waals surface area (Å²) in [5, 5.41) is 6.15. The number of ether oxygens (including phenoxy) is 1. The van der Waals surface area contributed by atoms with Crippen LogP contribution in [0.2, 0.25) is 0 Å². The second-order valence-corrected chi connectivity index (χ2v) is 11.5. The summed E-state index contributed by atoms with van der Waals surface area (Å²) < 4.78 is 5.86. The van der Waals surface area contributed by atoms with Crippen molar-refractivity contribution in [2.75, 3.05) is 50.8 Å². The van der Waals surface area contributed by atoms with Gasteiger partial charge in [0.15, 0.2) is 0 Å². The summed E-state index contributed by atoms with van der Waals surface area (Å²) in [7, 11) is 0. The molecular formula is C30H42N6O3. The quantitative estimate of drug-likeness (QED) is 0.623. The van der Waals surface area contributed by atoms with Gasteiger partial charge in [0.05, 0.1) is 17.5 Å². The standard InChI is InChI=1S/C30H42N6O3/c1-23-7-6-15-36(21-23)29-33-19-24(20-34-29)22-35-16-11-30(12-17-35)10-4-5-13-31-27(37)25-8-2-3-9-26(25)39-18-14-32-28(30)38/h2-3,8-9,19-20,23H,4-7,10-18,21-22H2,1H3,(H,31,37)(H,32,38). The molecule has 39 heavy (non-hydrogen) atoms. The number of fused-ring (bicyclic) bond motifs is 1. The van der Waals surface area contributed by atoms with Crippen molar-refractivity contribution in [1.82, 2.24) is 25.5 Å². The average Bonchev–Trinajstić information content (AvgIpc) is 2.96. The van der Waals surface area contributed by atoms with Crippen molar-refractivity contribution < 1.29 is 14.3 Å². The molecule has 2 N–H and O–H groups in total. The summed E-state index contributed by atoms with van der Waals surface area (Å²) in [5.41, 5.74) is 1.27. The van der Waals surface area contributed by atoms with Crippen LogP contribution in [0.5, 0.6) is 5.75 Å². The molecule has 2 fully saturated rings. The summed E-state index contributed by atoms with van der Waals surface area (Å²) in [5.74, 6) is 2.09. The van der Waals surface area contributed by atoms with Gasteiger partial charge in [-0.25, -0.2) is 9.97 Å². The highest BCUT2D eigenvalue weighted by Crippen LogP contribution is 2.37. The SMILES string of the molecule is CC1CCCN(c2ncc(CN3CCC4(CCCCNC(=O)c5ccccc5OCCNC4=O)CC3)cn2)C1. The first-order valence-electron chi connectivity index (χ1n) is 14.6. The first-order chi connectivity index (χ1) is 19.0. The number of para-hydroxylation sites is 1. The Labute approximate surface area is 231 Å². The number of nitrogens with zero attached hydrogens (tertiary/aromatic N) is 4. The molecule has 1 aromatic carbocycles. The molecule has 4 heterocycles. The lowest BCUT2D eigenvalue weighted by atomic mass is 9.73. The Morgan fingerprint density at radius 1 is 0.974 bits per heavy atom. The predicted octanol–water partition coefficient (Wildman–Crippen LogP) is 3.40. The van der Waals surface area contributed by atoms with Crippen LogP contribution in [0.1, 0.15) is 67.8 Å². The molecule has 2 amide bonds. The van der Waals surface area contributed by atoms with E-state index in [0.29, 0.717) is 36.9 Å². The largest absolute Gasteiger partial charge is 0.491 e. The molecule has 1 spiro atoms. The molecule has 210 valence electrons. The van der Waals surface area contributed by atoms with Crippen molar-refractivity contribution in [3.63, 3.8) is 0 Å². The fraction of sp³-hybridized carbons (Fsp3) is 0.600. The third-order valence-electron chi connectivity index (χ3n) is 8.48. The Morgan fingerprint density at radius 3 is 2.56 bits per heavy atom. The van der Waals surface area contributed by atoms with Crippen molar-refractivity contribution in [3.8, 4) is 5.75 Å². The summed E-state index contributed by atoms with van der Waals surface area (Å²) in [4.78, 5) is 40.1. The second-order valence-electron chi connectivity index (χ2n) is 11.5. The van der Waals surface area contributed by atoms with Gasteiger partial charge in [-0.2, -0.15) is 0 Å². The zero-order chi connectivity index (χ0) is 27.1. The van der Waals surface area contributed by atoms with Gasteiger partial charge in [0.2, 0.25) is 11.9 Å². The monoisotopic (exact) mass is 534 g/mol.